The van der Waals surface area contributed by atoms with Crippen molar-refractivity contribution in [2.45, 2.75) is 26.0 Å². The molecule has 0 aliphatic carbocycles. The summed E-state index contributed by atoms with van der Waals surface area (Å²) in [6, 6.07) is 5.32. The van der Waals surface area contributed by atoms with Crippen molar-refractivity contribution in [2.24, 2.45) is 5.73 Å². The predicted molar refractivity (Wildman–Crippen MR) is 78.7 cm³/mol. The monoisotopic (exact) mass is 324 g/mol. The summed E-state index contributed by atoms with van der Waals surface area (Å²) in [7, 11) is 0. The average molecular weight is 325 g/mol. The number of carbonyl (C=O) groups excluding carboxylic acids is 1. The number of nitrogens with two attached hydrogens (primary N) is 1. The first-order valence-electron chi connectivity index (χ1n) is 5.88. The van der Waals surface area contributed by atoms with E-state index in [0.29, 0.717) is 5.75 Å². The first-order valence-corrected chi connectivity index (χ1v) is 6.68. The highest BCUT2D eigenvalue weighted by molar-refractivity contribution is 9.10. The Bertz CT molecular complexity index is 495. The molecule has 19 heavy (non-hydrogen) atoms. The Hall–Kier alpha value is -1.51. The van der Waals surface area contributed by atoms with Crippen molar-refractivity contribution in [1.82, 2.24) is 5.32 Å². The number of amides is 1. The lowest BCUT2D eigenvalue weighted by atomic mass is 10.1. The number of hydrogen-bond donors (Lipinski definition) is 2. The second-order valence-corrected chi connectivity index (χ2v) is 5.07. The van der Waals surface area contributed by atoms with Crippen molar-refractivity contribution in [3.8, 4) is 18.1 Å². The van der Waals surface area contributed by atoms with Crippen LogP contribution in [0.5, 0.6) is 5.75 Å². The van der Waals surface area contributed by atoms with Crippen LogP contribution in [0.15, 0.2) is 22.7 Å². The zero-order valence-electron chi connectivity index (χ0n) is 10.9. The Morgan fingerprint density at radius 2 is 2.26 bits per heavy atom. The molecule has 3 N–H and O–H groups in total. The normalized spacial score (nSPS) is 13.2. The van der Waals surface area contributed by atoms with E-state index in [1.807, 2.05) is 19.1 Å². The maximum absolute atomic E-state index is 11.7. The van der Waals surface area contributed by atoms with Gasteiger partial charge in [-0.3, -0.25) is 4.79 Å². The van der Waals surface area contributed by atoms with Crippen LogP contribution in [-0.2, 0) is 4.79 Å². The molecular weight excluding hydrogens is 308 g/mol. The Morgan fingerprint density at radius 3 is 2.84 bits per heavy atom. The molecule has 0 saturated carbocycles. The van der Waals surface area contributed by atoms with Gasteiger partial charge < -0.3 is 15.8 Å². The molecule has 2 atom stereocenters. The second kappa shape index (κ2) is 7.17. The summed E-state index contributed by atoms with van der Waals surface area (Å²) in [5, 5.41) is 2.57. The lowest BCUT2D eigenvalue weighted by Crippen LogP contribution is -2.36. The summed E-state index contributed by atoms with van der Waals surface area (Å²) in [5.41, 5.74) is 6.73. The van der Waals surface area contributed by atoms with Crippen LogP contribution in [-0.4, -0.2) is 18.6 Å². The Balaban J connectivity index is 2.82. The van der Waals surface area contributed by atoms with Crippen molar-refractivity contribution in [3.63, 3.8) is 0 Å². The van der Waals surface area contributed by atoms with Crippen LogP contribution < -0.4 is 15.8 Å². The first kappa shape index (κ1) is 15.5. The van der Waals surface area contributed by atoms with Gasteiger partial charge in [0.15, 0.2) is 6.10 Å². The number of benzene rings is 1. The van der Waals surface area contributed by atoms with E-state index in [-0.39, 0.29) is 18.5 Å². The second-order valence-electron chi connectivity index (χ2n) is 4.15. The van der Waals surface area contributed by atoms with E-state index in [4.69, 9.17) is 16.9 Å². The van der Waals surface area contributed by atoms with Crippen LogP contribution in [0.1, 0.15) is 25.5 Å². The average Bonchev–Trinajstić information content (AvgIpc) is 2.37. The van der Waals surface area contributed by atoms with Gasteiger partial charge >= 0.3 is 0 Å². The van der Waals surface area contributed by atoms with Crippen LogP contribution in [0.25, 0.3) is 0 Å². The van der Waals surface area contributed by atoms with E-state index in [2.05, 4.69) is 27.2 Å². The van der Waals surface area contributed by atoms with Crippen molar-refractivity contribution >= 4 is 21.8 Å². The minimum Gasteiger partial charge on any atom is -0.481 e. The molecule has 0 aliphatic heterocycles. The fourth-order valence-electron chi connectivity index (χ4n) is 1.51. The molecule has 1 rings (SSSR count). The summed E-state index contributed by atoms with van der Waals surface area (Å²) in [6.07, 6.45) is 4.45. The van der Waals surface area contributed by atoms with Gasteiger partial charge in [-0.1, -0.05) is 21.9 Å². The summed E-state index contributed by atoms with van der Waals surface area (Å²) >= 11 is 3.38. The third kappa shape index (κ3) is 4.58. The van der Waals surface area contributed by atoms with Gasteiger partial charge in [0.2, 0.25) is 0 Å². The van der Waals surface area contributed by atoms with Crippen LogP contribution in [0, 0.1) is 12.3 Å². The molecule has 102 valence electrons. The summed E-state index contributed by atoms with van der Waals surface area (Å²) in [5.74, 6) is 2.69. The van der Waals surface area contributed by atoms with Crippen LogP contribution in [0.3, 0.4) is 0 Å². The van der Waals surface area contributed by atoms with Crippen molar-refractivity contribution < 1.29 is 9.53 Å². The number of rotatable bonds is 5. The molecule has 0 aliphatic rings. The fraction of sp³-hybridized carbons (Fsp3) is 0.357. The maximum atomic E-state index is 11.7. The van der Waals surface area contributed by atoms with E-state index in [9.17, 15) is 4.79 Å². The number of halogens is 1. The number of terminal acetylenes is 1. The van der Waals surface area contributed by atoms with Crippen LogP contribution in [0.2, 0.25) is 0 Å². The molecule has 0 fully saturated rings. The number of nitrogens with one attached hydrogen (secondary N) is 1. The molecule has 0 heterocycles. The fourth-order valence-corrected chi connectivity index (χ4v) is 1.89. The van der Waals surface area contributed by atoms with Crippen LogP contribution >= 0.6 is 15.9 Å². The lowest BCUT2D eigenvalue weighted by Gasteiger charge is -2.18. The van der Waals surface area contributed by atoms with Gasteiger partial charge in [-0.2, -0.15) is 0 Å². The topological polar surface area (TPSA) is 64.3 Å². The van der Waals surface area contributed by atoms with Gasteiger partial charge in [0.1, 0.15) is 5.75 Å². The third-order valence-electron chi connectivity index (χ3n) is 2.50. The quantitative estimate of drug-likeness (QED) is 0.814. The standard InChI is InChI=1S/C14H17BrN2O2/c1-4-7-17-14(18)10(3)19-13-6-5-11(15)8-12(13)9(2)16/h1,5-6,8-10H,7,16H2,2-3H3,(H,17,18)/t9-,10?/m1/s1. The largest absolute Gasteiger partial charge is 0.481 e. The minimum atomic E-state index is -0.632. The molecule has 0 bridgehead atoms. The van der Waals surface area contributed by atoms with Crippen molar-refractivity contribution in [3.05, 3.63) is 28.2 Å². The van der Waals surface area contributed by atoms with Crippen molar-refractivity contribution in [1.29, 1.82) is 0 Å². The third-order valence-corrected chi connectivity index (χ3v) is 2.99. The number of carbonyl (C=O) groups is 1. The molecule has 0 radical (unpaired) electrons. The van der Waals surface area contributed by atoms with Crippen molar-refractivity contribution in [2.75, 3.05) is 6.54 Å². The molecule has 0 spiro atoms. The Morgan fingerprint density at radius 1 is 1.58 bits per heavy atom. The molecule has 5 heteroatoms. The molecule has 1 unspecified atom stereocenters. The van der Waals surface area contributed by atoms with E-state index >= 15 is 0 Å². The van der Waals surface area contributed by atoms with Gasteiger partial charge in [-0.25, -0.2) is 0 Å². The maximum Gasteiger partial charge on any atom is 0.261 e. The summed E-state index contributed by atoms with van der Waals surface area (Å²) < 4.78 is 6.55. The van der Waals surface area contributed by atoms with E-state index in [1.165, 1.54) is 0 Å². The van der Waals surface area contributed by atoms with Gasteiger partial charge in [-0.15, -0.1) is 6.42 Å². The summed E-state index contributed by atoms with van der Waals surface area (Å²) in [4.78, 5) is 11.7. The highest BCUT2D eigenvalue weighted by Crippen LogP contribution is 2.28. The van der Waals surface area contributed by atoms with E-state index in [0.717, 1.165) is 10.0 Å². The molecule has 1 aromatic rings. The molecule has 4 nitrogen and oxygen atoms in total. The van der Waals surface area contributed by atoms with Gasteiger partial charge in [0.05, 0.1) is 6.54 Å². The number of hydrogen-bond acceptors (Lipinski definition) is 3. The van der Waals surface area contributed by atoms with Gasteiger partial charge in [0.25, 0.3) is 5.91 Å². The molecular formula is C14H17BrN2O2. The highest BCUT2D eigenvalue weighted by atomic mass is 79.9. The SMILES string of the molecule is C#CCNC(=O)C(C)Oc1ccc(Br)cc1[C@@H](C)N. The smallest absolute Gasteiger partial charge is 0.261 e. The lowest BCUT2D eigenvalue weighted by molar-refractivity contribution is -0.127. The molecule has 0 aromatic heterocycles. The van der Waals surface area contributed by atoms with E-state index < -0.39 is 6.10 Å². The number of ether oxygens (including phenoxy) is 1. The zero-order chi connectivity index (χ0) is 14.4. The van der Waals surface area contributed by atoms with E-state index in [1.54, 1.807) is 13.0 Å². The first-order chi connectivity index (χ1) is 8.95. The molecule has 0 saturated heterocycles. The van der Waals surface area contributed by atoms with Gasteiger partial charge in [-0.05, 0) is 32.0 Å². The van der Waals surface area contributed by atoms with Crippen LogP contribution in [0.4, 0.5) is 0 Å². The molecule has 1 aromatic carbocycles. The minimum absolute atomic E-state index is 0.187. The Labute approximate surface area is 121 Å². The van der Waals surface area contributed by atoms with Gasteiger partial charge in [0, 0.05) is 16.1 Å². The molecule has 1 amide bonds. The Kier molecular flexibility index (Phi) is 5.87. The zero-order valence-corrected chi connectivity index (χ0v) is 12.5. The summed E-state index contributed by atoms with van der Waals surface area (Å²) in [6.45, 7) is 3.71. The highest BCUT2D eigenvalue weighted by Gasteiger charge is 2.17. The predicted octanol–water partition coefficient (Wildman–Crippen LogP) is 1.99.